The van der Waals surface area contributed by atoms with Gasteiger partial charge >= 0.3 is 0 Å². The molecule has 2 aliphatic carbocycles. The van der Waals surface area contributed by atoms with Gasteiger partial charge in [-0.3, -0.25) is 0 Å². The fourth-order valence-corrected chi connectivity index (χ4v) is 3.09. The summed E-state index contributed by atoms with van der Waals surface area (Å²) in [7, 11) is 0. The van der Waals surface area contributed by atoms with E-state index in [1.807, 2.05) is 0 Å². The van der Waals surface area contributed by atoms with Gasteiger partial charge in [-0.25, -0.2) is 4.98 Å². The molecule has 0 aliphatic heterocycles. The van der Waals surface area contributed by atoms with E-state index < -0.39 is 0 Å². The summed E-state index contributed by atoms with van der Waals surface area (Å²) in [5.41, 5.74) is 0. The van der Waals surface area contributed by atoms with Crippen molar-refractivity contribution < 1.29 is 0 Å². The molecule has 0 spiro atoms. The summed E-state index contributed by atoms with van der Waals surface area (Å²) in [5.74, 6) is 1.68. The van der Waals surface area contributed by atoms with Crippen LogP contribution in [0, 0.1) is 0 Å². The Labute approximate surface area is 98.4 Å². The van der Waals surface area contributed by atoms with Gasteiger partial charge in [0.2, 0.25) is 5.13 Å². The summed E-state index contributed by atoms with van der Waals surface area (Å²) in [6.07, 6.45) is 6.02. The third-order valence-electron chi connectivity index (χ3n) is 3.12. The number of anilines is 1. The van der Waals surface area contributed by atoms with Crippen molar-refractivity contribution in [2.75, 3.05) is 5.32 Å². The smallest absolute Gasteiger partial charge is 0.202 e. The molecular formula is C10H14ClN3S. The van der Waals surface area contributed by atoms with E-state index in [9.17, 15) is 0 Å². The first-order valence-electron chi connectivity index (χ1n) is 5.57. The number of hydrogen-bond acceptors (Lipinski definition) is 4. The minimum absolute atomic E-state index is 0.262. The Morgan fingerprint density at radius 2 is 2.13 bits per heavy atom. The van der Waals surface area contributed by atoms with Crippen molar-refractivity contribution in [2.45, 2.75) is 49.4 Å². The van der Waals surface area contributed by atoms with Crippen LogP contribution >= 0.6 is 23.1 Å². The fourth-order valence-electron chi connectivity index (χ4n) is 2.04. The summed E-state index contributed by atoms with van der Waals surface area (Å²) in [5, 5.41) is 4.62. The molecule has 0 bridgehead atoms. The van der Waals surface area contributed by atoms with Gasteiger partial charge in [0.25, 0.3) is 0 Å². The second kappa shape index (κ2) is 3.91. The Morgan fingerprint density at radius 1 is 1.27 bits per heavy atom. The van der Waals surface area contributed by atoms with Crippen LogP contribution < -0.4 is 5.32 Å². The molecule has 0 amide bonds. The lowest BCUT2D eigenvalue weighted by molar-refractivity contribution is 0.759. The highest BCUT2D eigenvalue weighted by Gasteiger charge is 2.29. The van der Waals surface area contributed by atoms with Crippen LogP contribution in [0.3, 0.4) is 0 Å². The van der Waals surface area contributed by atoms with Gasteiger partial charge in [0.15, 0.2) is 0 Å². The van der Waals surface area contributed by atoms with E-state index in [1.165, 1.54) is 30.8 Å². The van der Waals surface area contributed by atoms with E-state index in [-0.39, 0.29) is 5.38 Å². The number of hydrogen-bond donors (Lipinski definition) is 1. The average Bonchev–Trinajstić information content (AvgIpc) is 2.86. The van der Waals surface area contributed by atoms with Crippen LogP contribution in [0.15, 0.2) is 0 Å². The Hall–Kier alpha value is -0.350. The predicted molar refractivity (Wildman–Crippen MR) is 62.8 cm³/mol. The maximum atomic E-state index is 6.20. The van der Waals surface area contributed by atoms with Gasteiger partial charge in [0.05, 0.1) is 5.38 Å². The van der Waals surface area contributed by atoms with Gasteiger partial charge in [-0.1, -0.05) is 0 Å². The van der Waals surface area contributed by atoms with Crippen molar-refractivity contribution in [2.24, 2.45) is 0 Å². The van der Waals surface area contributed by atoms with Crippen LogP contribution in [0.25, 0.3) is 0 Å². The molecule has 2 saturated carbocycles. The van der Waals surface area contributed by atoms with Crippen molar-refractivity contribution in [1.29, 1.82) is 0 Å². The molecule has 2 atom stereocenters. The molecule has 2 unspecified atom stereocenters. The van der Waals surface area contributed by atoms with E-state index in [0.717, 1.165) is 23.8 Å². The Balaban J connectivity index is 1.65. The van der Waals surface area contributed by atoms with Gasteiger partial charge in [-0.15, -0.1) is 11.6 Å². The molecule has 1 aromatic rings. The monoisotopic (exact) mass is 243 g/mol. The second-order valence-corrected chi connectivity index (χ2v) is 5.74. The molecule has 1 N–H and O–H groups in total. The normalized spacial score (nSPS) is 30.7. The minimum Gasteiger partial charge on any atom is -0.356 e. The topological polar surface area (TPSA) is 37.8 Å². The summed E-state index contributed by atoms with van der Waals surface area (Å²) in [4.78, 5) is 4.51. The lowest BCUT2D eigenvalue weighted by Crippen LogP contribution is -2.23. The van der Waals surface area contributed by atoms with Crippen molar-refractivity contribution in [3.63, 3.8) is 0 Å². The maximum absolute atomic E-state index is 6.20. The Morgan fingerprint density at radius 3 is 2.80 bits per heavy atom. The third-order valence-corrected chi connectivity index (χ3v) is 4.31. The number of rotatable bonds is 3. The van der Waals surface area contributed by atoms with Gasteiger partial charge < -0.3 is 5.32 Å². The lowest BCUT2D eigenvalue weighted by Gasteiger charge is -2.13. The zero-order valence-corrected chi connectivity index (χ0v) is 10.0. The largest absolute Gasteiger partial charge is 0.356 e. The summed E-state index contributed by atoms with van der Waals surface area (Å²) < 4.78 is 4.37. The standard InChI is InChI=1S/C10H14ClN3S/c11-7-2-1-3-8(7)12-10-13-9(14-15-10)6-4-5-6/h6-8H,1-5H2,(H,12,13,14). The molecule has 2 fully saturated rings. The first-order chi connectivity index (χ1) is 7.33. The van der Waals surface area contributed by atoms with E-state index >= 15 is 0 Å². The molecule has 0 saturated heterocycles. The predicted octanol–water partition coefficient (Wildman–Crippen LogP) is 2.99. The number of halogens is 1. The molecule has 1 heterocycles. The van der Waals surface area contributed by atoms with E-state index in [1.54, 1.807) is 0 Å². The van der Waals surface area contributed by atoms with Crippen molar-refractivity contribution in [1.82, 2.24) is 9.36 Å². The quantitative estimate of drug-likeness (QED) is 0.830. The number of nitrogens with one attached hydrogen (secondary N) is 1. The number of aromatic nitrogens is 2. The molecule has 0 aromatic carbocycles. The zero-order chi connectivity index (χ0) is 10.3. The van der Waals surface area contributed by atoms with Crippen LogP contribution in [0.1, 0.15) is 43.8 Å². The number of alkyl halides is 1. The van der Waals surface area contributed by atoms with Crippen LogP contribution in [0.4, 0.5) is 5.13 Å². The second-order valence-electron chi connectivity index (χ2n) is 4.43. The lowest BCUT2D eigenvalue weighted by atomic mass is 10.2. The molecule has 1 aromatic heterocycles. The highest BCUT2D eigenvalue weighted by Crippen LogP contribution is 2.39. The van der Waals surface area contributed by atoms with E-state index in [2.05, 4.69) is 14.7 Å². The maximum Gasteiger partial charge on any atom is 0.202 e. The highest BCUT2D eigenvalue weighted by molar-refractivity contribution is 7.09. The van der Waals surface area contributed by atoms with Crippen LogP contribution in [-0.2, 0) is 0 Å². The molecule has 5 heteroatoms. The molecular weight excluding hydrogens is 230 g/mol. The molecule has 2 aliphatic rings. The third kappa shape index (κ3) is 2.11. The van der Waals surface area contributed by atoms with Crippen molar-refractivity contribution >= 4 is 28.3 Å². The first kappa shape index (κ1) is 9.85. The zero-order valence-electron chi connectivity index (χ0n) is 8.45. The SMILES string of the molecule is ClC1CCCC1Nc1nc(C2CC2)ns1. The molecule has 82 valence electrons. The Kier molecular flexibility index (Phi) is 2.56. The van der Waals surface area contributed by atoms with Gasteiger partial charge in [0.1, 0.15) is 5.82 Å². The van der Waals surface area contributed by atoms with Crippen molar-refractivity contribution in [3.05, 3.63) is 5.82 Å². The van der Waals surface area contributed by atoms with Gasteiger partial charge in [-0.2, -0.15) is 4.37 Å². The van der Waals surface area contributed by atoms with Gasteiger partial charge in [0, 0.05) is 23.5 Å². The minimum atomic E-state index is 0.262. The van der Waals surface area contributed by atoms with Crippen LogP contribution in [-0.4, -0.2) is 20.8 Å². The summed E-state index contributed by atoms with van der Waals surface area (Å²) >= 11 is 7.68. The first-order valence-corrected chi connectivity index (χ1v) is 6.78. The molecule has 0 radical (unpaired) electrons. The number of nitrogens with zero attached hydrogens (tertiary/aromatic N) is 2. The summed E-state index contributed by atoms with van der Waals surface area (Å²) in [6, 6.07) is 0.395. The van der Waals surface area contributed by atoms with E-state index in [0.29, 0.717) is 12.0 Å². The molecule has 3 rings (SSSR count). The van der Waals surface area contributed by atoms with E-state index in [4.69, 9.17) is 11.6 Å². The van der Waals surface area contributed by atoms with Crippen LogP contribution in [0.5, 0.6) is 0 Å². The van der Waals surface area contributed by atoms with Gasteiger partial charge in [-0.05, 0) is 32.1 Å². The average molecular weight is 244 g/mol. The Bertz CT molecular complexity index is 350. The highest BCUT2D eigenvalue weighted by atomic mass is 35.5. The molecule has 15 heavy (non-hydrogen) atoms. The molecule has 3 nitrogen and oxygen atoms in total. The summed E-state index contributed by atoms with van der Waals surface area (Å²) in [6.45, 7) is 0. The van der Waals surface area contributed by atoms with Crippen molar-refractivity contribution in [3.8, 4) is 0 Å². The van der Waals surface area contributed by atoms with Crippen LogP contribution in [0.2, 0.25) is 0 Å². The fraction of sp³-hybridized carbons (Fsp3) is 0.800.